The van der Waals surface area contributed by atoms with E-state index in [1.54, 1.807) is 6.26 Å². The van der Waals surface area contributed by atoms with Crippen LogP contribution in [0, 0.1) is 5.92 Å². The van der Waals surface area contributed by atoms with Crippen molar-refractivity contribution in [1.82, 2.24) is 4.90 Å². The predicted octanol–water partition coefficient (Wildman–Crippen LogP) is 2.77. The van der Waals surface area contributed by atoms with Gasteiger partial charge in [0.05, 0.1) is 6.26 Å². The monoisotopic (exact) mass is 325 g/mol. The molecule has 2 aliphatic rings. The summed E-state index contributed by atoms with van der Waals surface area (Å²) in [5, 5.41) is 3.03. The van der Waals surface area contributed by atoms with Crippen LogP contribution >= 0.6 is 0 Å². The van der Waals surface area contributed by atoms with Crippen molar-refractivity contribution in [1.29, 1.82) is 0 Å². The molecule has 1 N–H and O–H groups in total. The lowest BCUT2D eigenvalue weighted by molar-refractivity contribution is -0.117. The maximum absolute atomic E-state index is 12.3. The number of nitrogens with zero attached hydrogens (tertiary/aromatic N) is 2. The second-order valence-corrected chi connectivity index (χ2v) is 6.79. The van der Waals surface area contributed by atoms with Gasteiger partial charge in [0.2, 0.25) is 5.91 Å². The normalized spacial score (nSPS) is 24.0. The number of carbonyl (C=O) groups excluding carboxylic acids is 1. The molecule has 0 spiro atoms. The molecule has 5 heteroatoms. The number of hydrogen-bond acceptors (Lipinski definition) is 4. The van der Waals surface area contributed by atoms with Gasteiger partial charge in [-0.05, 0) is 49.9 Å². The van der Waals surface area contributed by atoms with Crippen molar-refractivity contribution < 1.29 is 9.21 Å². The summed E-state index contributed by atoms with van der Waals surface area (Å²) in [6.07, 6.45) is 2.54. The molecule has 2 aromatic rings. The highest BCUT2D eigenvalue weighted by molar-refractivity contribution is 5.95. The minimum atomic E-state index is 0.0356. The molecule has 1 aromatic heterocycles. The molecule has 1 amide bonds. The van der Waals surface area contributed by atoms with Gasteiger partial charge >= 0.3 is 0 Å². The molecule has 0 radical (unpaired) electrons. The first-order valence-electron chi connectivity index (χ1n) is 8.58. The summed E-state index contributed by atoms with van der Waals surface area (Å²) >= 11 is 0. The first-order chi connectivity index (χ1) is 11.7. The molecule has 4 rings (SSSR count). The van der Waals surface area contributed by atoms with Gasteiger partial charge in [-0.3, -0.25) is 4.79 Å². The van der Waals surface area contributed by atoms with Crippen LogP contribution in [0.5, 0.6) is 0 Å². The summed E-state index contributed by atoms with van der Waals surface area (Å²) in [4.78, 5) is 17.1. The van der Waals surface area contributed by atoms with E-state index in [2.05, 4.69) is 34.3 Å². The number of hydrogen-bond donors (Lipinski definition) is 1. The molecule has 1 aliphatic heterocycles. The Morgan fingerprint density at radius 1 is 1.12 bits per heavy atom. The third-order valence-electron chi connectivity index (χ3n) is 5.04. The van der Waals surface area contributed by atoms with Crippen molar-refractivity contribution in [3.63, 3.8) is 0 Å². The van der Waals surface area contributed by atoms with Crippen molar-refractivity contribution in [2.45, 2.75) is 12.3 Å². The van der Waals surface area contributed by atoms with Crippen molar-refractivity contribution in [2.75, 3.05) is 43.4 Å². The predicted molar refractivity (Wildman–Crippen MR) is 94.3 cm³/mol. The Kier molecular flexibility index (Phi) is 4.02. The fourth-order valence-corrected chi connectivity index (χ4v) is 3.36. The Hall–Kier alpha value is -2.27. The zero-order valence-electron chi connectivity index (χ0n) is 13.9. The minimum absolute atomic E-state index is 0.0356. The smallest absolute Gasteiger partial charge is 0.228 e. The van der Waals surface area contributed by atoms with Crippen LogP contribution in [-0.4, -0.2) is 44.0 Å². The Balaban J connectivity index is 1.33. The number of likely N-dealkylation sites (N-methyl/N-ethyl adjacent to an activating group) is 1. The molecule has 1 saturated carbocycles. The van der Waals surface area contributed by atoms with Crippen LogP contribution in [0.3, 0.4) is 0 Å². The highest BCUT2D eigenvalue weighted by atomic mass is 16.3. The van der Waals surface area contributed by atoms with Crippen molar-refractivity contribution in [3.8, 4) is 0 Å². The van der Waals surface area contributed by atoms with Gasteiger partial charge in [-0.25, -0.2) is 0 Å². The highest BCUT2D eigenvalue weighted by Crippen LogP contribution is 2.48. The van der Waals surface area contributed by atoms with Gasteiger partial charge in [0.1, 0.15) is 5.76 Å². The zero-order valence-corrected chi connectivity index (χ0v) is 13.9. The SMILES string of the molecule is CN1CCN(c2ccc(NC(=O)[C@@H]3C[C@H]3c3ccco3)cc2)CC1. The van der Waals surface area contributed by atoms with Crippen LogP contribution < -0.4 is 10.2 Å². The molecule has 2 atom stereocenters. The van der Waals surface area contributed by atoms with Gasteiger partial charge < -0.3 is 19.5 Å². The van der Waals surface area contributed by atoms with Crippen molar-refractivity contribution in [3.05, 3.63) is 48.4 Å². The van der Waals surface area contributed by atoms with Crippen LogP contribution in [0.15, 0.2) is 47.1 Å². The fraction of sp³-hybridized carbons (Fsp3) is 0.421. The molecule has 2 heterocycles. The molecule has 1 aliphatic carbocycles. The van der Waals surface area contributed by atoms with Gasteiger partial charge in [0.15, 0.2) is 0 Å². The Morgan fingerprint density at radius 2 is 1.88 bits per heavy atom. The van der Waals surface area contributed by atoms with Crippen molar-refractivity contribution in [2.24, 2.45) is 5.92 Å². The van der Waals surface area contributed by atoms with E-state index in [0.29, 0.717) is 0 Å². The number of nitrogens with one attached hydrogen (secondary N) is 1. The quantitative estimate of drug-likeness (QED) is 0.939. The second kappa shape index (κ2) is 6.32. The Bertz CT molecular complexity index is 688. The first kappa shape index (κ1) is 15.3. The molecular formula is C19H23N3O2. The number of piperazine rings is 1. The summed E-state index contributed by atoms with van der Waals surface area (Å²) in [6, 6.07) is 12.0. The topological polar surface area (TPSA) is 48.7 Å². The molecule has 2 fully saturated rings. The van der Waals surface area contributed by atoms with Gasteiger partial charge in [0, 0.05) is 49.4 Å². The Morgan fingerprint density at radius 3 is 2.54 bits per heavy atom. The maximum Gasteiger partial charge on any atom is 0.228 e. The van der Waals surface area contributed by atoms with E-state index in [4.69, 9.17) is 4.42 Å². The molecule has 24 heavy (non-hydrogen) atoms. The summed E-state index contributed by atoms with van der Waals surface area (Å²) in [7, 11) is 2.16. The van der Waals surface area contributed by atoms with Gasteiger partial charge in [0.25, 0.3) is 0 Å². The number of anilines is 2. The molecule has 0 unspecified atom stereocenters. The van der Waals surface area contributed by atoms with E-state index in [1.807, 2.05) is 24.3 Å². The first-order valence-corrected chi connectivity index (χ1v) is 8.58. The third kappa shape index (κ3) is 3.17. The van der Waals surface area contributed by atoms with E-state index in [9.17, 15) is 4.79 Å². The number of amides is 1. The number of rotatable bonds is 4. The van der Waals surface area contributed by atoms with E-state index in [0.717, 1.165) is 44.0 Å². The largest absolute Gasteiger partial charge is 0.469 e. The lowest BCUT2D eigenvalue weighted by Gasteiger charge is -2.34. The average Bonchev–Trinajstić information content (AvgIpc) is 3.22. The number of furan rings is 1. The summed E-state index contributed by atoms with van der Waals surface area (Å²) < 4.78 is 5.39. The molecule has 1 saturated heterocycles. The lowest BCUT2D eigenvalue weighted by Crippen LogP contribution is -2.44. The van der Waals surface area contributed by atoms with Gasteiger partial charge in [-0.2, -0.15) is 0 Å². The summed E-state index contributed by atoms with van der Waals surface area (Å²) in [5.74, 6) is 1.28. The number of benzene rings is 1. The summed E-state index contributed by atoms with van der Waals surface area (Å²) in [6.45, 7) is 4.28. The van der Waals surface area contributed by atoms with Crippen molar-refractivity contribution >= 4 is 17.3 Å². The molecule has 126 valence electrons. The average molecular weight is 325 g/mol. The molecule has 0 bridgehead atoms. The minimum Gasteiger partial charge on any atom is -0.469 e. The molecule has 5 nitrogen and oxygen atoms in total. The third-order valence-corrected chi connectivity index (χ3v) is 5.04. The molecule has 1 aromatic carbocycles. The second-order valence-electron chi connectivity index (χ2n) is 6.79. The maximum atomic E-state index is 12.3. The van der Waals surface area contributed by atoms with Crippen LogP contribution in [0.1, 0.15) is 18.1 Å². The molecular weight excluding hydrogens is 302 g/mol. The standard InChI is InChI=1S/C19H23N3O2/c1-21-8-10-22(11-9-21)15-6-4-14(5-7-15)20-19(23)17-13-16(17)18-3-2-12-24-18/h2-7,12,16-17H,8-11,13H2,1H3,(H,20,23)/t16-,17-/m1/s1. The van der Waals surface area contributed by atoms with E-state index >= 15 is 0 Å². The zero-order chi connectivity index (χ0) is 16.5. The summed E-state index contributed by atoms with van der Waals surface area (Å²) in [5.41, 5.74) is 2.09. The van der Waals surface area contributed by atoms with E-state index in [-0.39, 0.29) is 17.7 Å². The van der Waals surface area contributed by atoms with Gasteiger partial charge in [-0.1, -0.05) is 0 Å². The van der Waals surface area contributed by atoms with Crippen LogP contribution in [0.25, 0.3) is 0 Å². The number of carbonyl (C=O) groups is 1. The van der Waals surface area contributed by atoms with Crippen LogP contribution in [0.2, 0.25) is 0 Å². The lowest BCUT2D eigenvalue weighted by atomic mass is 10.2. The van der Waals surface area contributed by atoms with Gasteiger partial charge in [-0.15, -0.1) is 0 Å². The van der Waals surface area contributed by atoms with Crippen LogP contribution in [-0.2, 0) is 4.79 Å². The van der Waals surface area contributed by atoms with E-state index < -0.39 is 0 Å². The van der Waals surface area contributed by atoms with Crippen LogP contribution in [0.4, 0.5) is 11.4 Å². The van der Waals surface area contributed by atoms with E-state index in [1.165, 1.54) is 5.69 Å². The fourth-order valence-electron chi connectivity index (χ4n) is 3.36. The Labute approximate surface area is 142 Å². The highest BCUT2D eigenvalue weighted by Gasteiger charge is 2.45.